The van der Waals surface area contributed by atoms with Gasteiger partial charge in [0.05, 0.1) is 12.0 Å². The van der Waals surface area contributed by atoms with E-state index >= 15 is 0 Å². The smallest absolute Gasteiger partial charge is 0.0697 e. The molecule has 0 radical (unpaired) electrons. The summed E-state index contributed by atoms with van der Waals surface area (Å²) in [5, 5.41) is 11.1. The number of thioether (sulfide) groups is 1. The molecule has 0 saturated heterocycles. The lowest BCUT2D eigenvalue weighted by Gasteiger charge is -2.17. The van der Waals surface area contributed by atoms with Crippen molar-refractivity contribution < 1.29 is 0 Å². The molecule has 20 heavy (non-hydrogen) atoms. The first-order chi connectivity index (χ1) is 9.67. The fourth-order valence-electron chi connectivity index (χ4n) is 1.98. The summed E-state index contributed by atoms with van der Waals surface area (Å²) in [4.78, 5) is 1.26. The van der Waals surface area contributed by atoms with Crippen LogP contribution in [0.15, 0.2) is 59.4 Å². The van der Waals surface area contributed by atoms with Gasteiger partial charge in [-0.25, -0.2) is 0 Å². The molecule has 0 aliphatic carbocycles. The molecule has 0 spiro atoms. The lowest BCUT2D eigenvalue weighted by molar-refractivity contribution is 0.414. The van der Waals surface area contributed by atoms with Crippen molar-refractivity contribution in [2.45, 2.75) is 31.6 Å². The molecule has 1 aromatic rings. The molecule has 0 bridgehead atoms. The number of benzene rings is 1. The van der Waals surface area contributed by atoms with Gasteiger partial charge in [-0.1, -0.05) is 56.0 Å². The second-order valence-corrected chi connectivity index (χ2v) is 6.20. The zero-order valence-electron chi connectivity index (χ0n) is 12.3. The molecule has 2 atom stereocenters. The molecule has 1 aromatic carbocycles. The largest absolute Gasteiger partial charge is 0.198 e. The first-order valence-electron chi connectivity index (χ1n) is 7.08. The van der Waals surface area contributed by atoms with Crippen molar-refractivity contribution in [1.82, 2.24) is 0 Å². The van der Waals surface area contributed by atoms with Crippen LogP contribution in [0.5, 0.6) is 0 Å². The van der Waals surface area contributed by atoms with E-state index in [9.17, 15) is 0 Å². The highest BCUT2D eigenvalue weighted by Crippen LogP contribution is 2.25. The number of allylic oxidation sites excluding steroid dienone is 2. The number of hydrogen-bond acceptors (Lipinski definition) is 2. The predicted octanol–water partition coefficient (Wildman–Crippen LogP) is 5.67. The van der Waals surface area contributed by atoms with E-state index in [4.69, 9.17) is 5.26 Å². The van der Waals surface area contributed by atoms with Crippen LogP contribution in [0.1, 0.15) is 26.7 Å². The van der Waals surface area contributed by atoms with Gasteiger partial charge in [-0.15, -0.1) is 6.58 Å². The van der Waals surface area contributed by atoms with E-state index in [2.05, 4.69) is 62.2 Å². The minimum atomic E-state index is -0.0218. The molecular weight excluding hydrogens is 262 g/mol. The van der Waals surface area contributed by atoms with Crippen LogP contribution < -0.4 is 0 Å². The van der Waals surface area contributed by atoms with Crippen LogP contribution >= 0.6 is 11.8 Å². The van der Waals surface area contributed by atoms with Gasteiger partial charge in [0.25, 0.3) is 0 Å². The normalized spacial score (nSPS) is 14.1. The van der Waals surface area contributed by atoms with Gasteiger partial charge < -0.3 is 0 Å². The van der Waals surface area contributed by atoms with Gasteiger partial charge in [0.15, 0.2) is 0 Å². The Bertz CT molecular complexity index is 456. The lowest BCUT2D eigenvalue weighted by Crippen LogP contribution is -2.07. The fraction of sp³-hybridized carbons (Fsp3) is 0.389. The van der Waals surface area contributed by atoms with E-state index in [1.807, 2.05) is 6.07 Å². The Kier molecular flexibility index (Phi) is 7.84. The van der Waals surface area contributed by atoms with Crippen molar-refractivity contribution in [3.8, 4) is 6.07 Å². The Hall–Kier alpha value is -1.46. The molecule has 0 unspecified atom stereocenters. The molecule has 0 aromatic heterocycles. The van der Waals surface area contributed by atoms with Crippen molar-refractivity contribution in [2.75, 3.05) is 0 Å². The van der Waals surface area contributed by atoms with E-state index in [-0.39, 0.29) is 5.92 Å². The number of rotatable bonds is 8. The number of nitrogens with zero attached hydrogens (tertiary/aromatic N) is 1. The molecule has 0 heterocycles. The maximum atomic E-state index is 8.96. The third-order valence-electron chi connectivity index (χ3n) is 3.39. The van der Waals surface area contributed by atoms with Crippen molar-refractivity contribution in [3.05, 3.63) is 54.5 Å². The van der Waals surface area contributed by atoms with E-state index in [0.717, 1.165) is 12.8 Å². The van der Waals surface area contributed by atoms with Crippen LogP contribution in [0.3, 0.4) is 0 Å². The van der Waals surface area contributed by atoms with Gasteiger partial charge in [-0.05, 0) is 42.2 Å². The molecule has 0 aliphatic heterocycles. The van der Waals surface area contributed by atoms with Crippen molar-refractivity contribution in [2.24, 2.45) is 17.8 Å². The summed E-state index contributed by atoms with van der Waals surface area (Å²) in [7, 11) is 0. The molecule has 0 fully saturated rings. The topological polar surface area (TPSA) is 23.8 Å². The zero-order valence-corrected chi connectivity index (χ0v) is 13.1. The molecule has 1 nitrogen and oxygen atoms in total. The van der Waals surface area contributed by atoms with Gasteiger partial charge >= 0.3 is 0 Å². The summed E-state index contributed by atoms with van der Waals surface area (Å²) in [5.74, 6) is 1.08. The lowest BCUT2D eigenvalue weighted by atomic mass is 9.88. The Morgan fingerprint density at radius 1 is 1.25 bits per heavy atom. The first-order valence-corrected chi connectivity index (χ1v) is 7.96. The Labute approximate surface area is 127 Å². The SMILES string of the molecule is C=C[C@H](C#N)CC[C@H](/C=C/Sc1ccccc1)C(C)C. The summed E-state index contributed by atoms with van der Waals surface area (Å²) < 4.78 is 0. The molecule has 0 aliphatic rings. The standard InChI is InChI=1S/C18H23NS/c1-4-16(14-19)10-11-17(15(2)3)12-13-20-18-8-6-5-7-9-18/h4-9,12-13,15-17H,1,10-11H2,2-3H3/b13-12+/t16-,17+/m0/s1. The average Bonchev–Trinajstić information content (AvgIpc) is 2.47. The van der Waals surface area contributed by atoms with Crippen molar-refractivity contribution in [3.63, 3.8) is 0 Å². The third kappa shape index (κ3) is 6.12. The minimum Gasteiger partial charge on any atom is -0.198 e. The van der Waals surface area contributed by atoms with Crippen molar-refractivity contribution >= 4 is 11.8 Å². The second-order valence-electron chi connectivity index (χ2n) is 5.22. The maximum Gasteiger partial charge on any atom is 0.0697 e. The van der Waals surface area contributed by atoms with Crippen LogP contribution in [0.25, 0.3) is 0 Å². The first kappa shape index (κ1) is 16.6. The fourth-order valence-corrected chi connectivity index (χ4v) is 2.73. The van der Waals surface area contributed by atoms with Crippen LogP contribution in [0, 0.1) is 29.1 Å². The van der Waals surface area contributed by atoms with Crippen LogP contribution in [-0.2, 0) is 0 Å². The Balaban J connectivity index is 2.50. The van der Waals surface area contributed by atoms with E-state index in [1.165, 1.54) is 4.90 Å². The second kappa shape index (κ2) is 9.44. The molecule has 0 saturated carbocycles. The molecule has 0 amide bonds. The zero-order chi connectivity index (χ0) is 14.8. The summed E-state index contributed by atoms with van der Waals surface area (Å²) in [6.45, 7) is 8.18. The van der Waals surface area contributed by atoms with Gasteiger partial charge in [0.2, 0.25) is 0 Å². The molecule has 0 N–H and O–H groups in total. The van der Waals surface area contributed by atoms with Crippen molar-refractivity contribution in [1.29, 1.82) is 5.26 Å². The van der Waals surface area contributed by atoms with Crippen LogP contribution in [-0.4, -0.2) is 0 Å². The van der Waals surface area contributed by atoms with Gasteiger partial charge in [-0.2, -0.15) is 5.26 Å². The molecule has 106 valence electrons. The number of hydrogen-bond donors (Lipinski definition) is 0. The summed E-state index contributed by atoms with van der Waals surface area (Å²) in [6, 6.07) is 12.6. The maximum absolute atomic E-state index is 8.96. The molecule has 2 heteroatoms. The highest BCUT2D eigenvalue weighted by Gasteiger charge is 2.12. The molecular formula is C18H23NS. The summed E-state index contributed by atoms with van der Waals surface area (Å²) >= 11 is 1.75. The van der Waals surface area contributed by atoms with Gasteiger partial charge in [0.1, 0.15) is 0 Å². The highest BCUT2D eigenvalue weighted by molar-refractivity contribution is 8.02. The number of nitriles is 1. The van der Waals surface area contributed by atoms with Gasteiger partial charge in [0, 0.05) is 4.90 Å². The van der Waals surface area contributed by atoms with E-state index in [0.29, 0.717) is 11.8 Å². The monoisotopic (exact) mass is 285 g/mol. The van der Waals surface area contributed by atoms with Gasteiger partial charge in [-0.3, -0.25) is 0 Å². The summed E-state index contributed by atoms with van der Waals surface area (Å²) in [6.07, 6.45) is 5.95. The average molecular weight is 285 g/mol. The Morgan fingerprint density at radius 2 is 1.95 bits per heavy atom. The van der Waals surface area contributed by atoms with E-state index in [1.54, 1.807) is 17.8 Å². The Morgan fingerprint density at radius 3 is 2.50 bits per heavy atom. The van der Waals surface area contributed by atoms with Crippen LogP contribution in [0.4, 0.5) is 0 Å². The predicted molar refractivity (Wildman–Crippen MR) is 88.3 cm³/mol. The quantitative estimate of drug-likeness (QED) is 0.454. The highest BCUT2D eigenvalue weighted by atomic mass is 32.2. The third-order valence-corrected chi connectivity index (χ3v) is 4.23. The van der Waals surface area contributed by atoms with Crippen LogP contribution in [0.2, 0.25) is 0 Å². The minimum absolute atomic E-state index is 0.0218. The van der Waals surface area contributed by atoms with E-state index < -0.39 is 0 Å². The molecule has 1 rings (SSSR count). The summed E-state index contributed by atoms with van der Waals surface area (Å²) in [5.41, 5.74) is 0.